The smallest absolute Gasteiger partial charge is 0.163 e. The number of allylic oxidation sites excluding steroid dienone is 1. The average molecular weight is 212 g/mol. The molecule has 1 atom stereocenters. The molecule has 3 nitrogen and oxygen atoms in total. The fraction of sp³-hybridized carbons (Fsp3) is 0.750. The first kappa shape index (κ1) is 12.4. The van der Waals surface area contributed by atoms with Crippen LogP contribution < -0.4 is 0 Å². The van der Waals surface area contributed by atoms with Gasteiger partial charge < -0.3 is 9.47 Å². The molecule has 0 N–H and O–H groups in total. The highest BCUT2D eigenvalue weighted by molar-refractivity contribution is 5.92. The van der Waals surface area contributed by atoms with Gasteiger partial charge in [-0.05, 0) is 18.4 Å². The van der Waals surface area contributed by atoms with Crippen LogP contribution >= 0.6 is 0 Å². The second kappa shape index (κ2) is 4.45. The molecule has 0 aromatic heterocycles. The Balaban J connectivity index is 3.02. The Labute approximate surface area is 91.4 Å². The molecule has 0 aliphatic heterocycles. The van der Waals surface area contributed by atoms with Gasteiger partial charge in [-0.25, -0.2) is 0 Å². The van der Waals surface area contributed by atoms with Crippen molar-refractivity contribution in [2.75, 3.05) is 14.2 Å². The fourth-order valence-corrected chi connectivity index (χ4v) is 2.52. The Morgan fingerprint density at radius 3 is 2.33 bits per heavy atom. The van der Waals surface area contributed by atoms with E-state index in [2.05, 4.69) is 13.8 Å². The van der Waals surface area contributed by atoms with Crippen LogP contribution in [-0.4, -0.2) is 26.3 Å². The second-order valence-electron chi connectivity index (χ2n) is 4.84. The molecule has 15 heavy (non-hydrogen) atoms. The number of methoxy groups -OCH3 is 2. The summed E-state index contributed by atoms with van der Waals surface area (Å²) in [4.78, 5) is 11.5. The number of carbonyl (C=O) groups is 1. The van der Waals surface area contributed by atoms with E-state index in [-0.39, 0.29) is 23.4 Å². The predicted octanol–water partition coefficient (Wildman–Crippen LogP) is 2.17. The summed E-state index contributed by atoms with van der Waals surface area (Å²) in [6, 6.07) is 0. The first-order valence-electron chi connectivity index (χ1n) is 5.19. The highest BCUT2D eigenvalue weighted by atomic mass is 16.7. The number of hydrogen-bond donors (Lipinski definition) is 0. The van der Waals surface area contributed by atoms with Crippen LogP contribution in [0.4, 0.5) is 0 Å². The van der Waals surface area contributed by atoms with E-state index >= 15 is 0 Å². The van der Waals surface area contributed by atoms with Crippen molar-refractivity contribution < 1.29 is 14.3 Å². The predicted molar refractivity (Wildman–Crippen MR) is 58.5 cm³/mol. The Bertz CT molecular complexity index is 275. The summed E-state index contributed by atoms with van der Waals surface area (Å²) < 4.78 is 10.6. The van der Waals surface area contributed by atoms with Crippen LogP contribution in [0.5, 0.6) is 0 Å². The Kier molecular flexibility index (Phi) is 3.68. The van der Waals surface area contributed by atoms with Crippen molar-refractivity contribution in [3.63, 3.8) is 0 Å². The lowest BCUT2D eigenvalue weighted by molar-refractivity contribution is -0.156. The zero-order valence-corrected chi connectivity index (χ0v) is 10.2. The molecular weight excluding hydrogens is 192 g/mol. The molecule has 0 bridgehead atoms. The number of hydrogen-bond acceptors (Lipinski definition) is 3. The fourth-order valence-electron chi connectivity index (χ4n) is 2.52. The van der Waals surface area contributed by atoms with Crippen LogP contribution in [0.3, 0.4) is 0 Å². The molecule has 0 amide bonds. The lowest BCUT2D eigenvalue weighted by Gasteiger charge is -2.40. The molecule has 0 radical (unpaired) electrons. The van der Waals surface area contributed by atoms with Crippen molar-refractivity contribution in [1.82, 2.24) is 0 Å². The van der Waals surface area contributed by atoms with E-state index in [1.54, 1.807) is 20.3 Å². The summed E-state index contributed by atoms with van der Waals surface area (Å²) >= 11 is 0. The second-order valence-corrected chi connectivity index (χ2v) is 4.84. The Morgan fingerprint density at radius 2 is 1.93 bits per heavy atom. The molecule has 1 aliphatic carbocycles. The normalized spacial score (nSPS) is 25.6. The molecule has 1 rings (SSSR count). The third kappa shape index (κ3) is 2.47. The quantitative estimate of drug-likeness (QED) is 0.672. The minimum atomic E-state index is -0.274. The largest absolute Gasteiger partial charge is 0.355 e. The molecule has 0 saturated heterocycles. The highest BCUT2D eigenvalue weighted by Gasteiger charge is 2.41. The molecule has 86 valence electrons. The summed E-state index contributed by atoms with van der Waals surface area (Å²) in [5.41, 5.74) is 0.942. The van der Waals surface area contributed by atoms with Crippen molar-refractivity contribution in [1.29, 1.82) is 0 Å². The molecular formula is C12H20O3. The zero-order valence-electron chi connectivity index (χ0n) is 10.2. The molecule has 3 heteroatoms. The van der Waals surface area contributed by atoms with Gasteiger partial charge in [0.1, 0.15) is 0 Å². The van der Waals surface area contributed by atoms with Gasteiger partial charge in [-0.1, -0.05) is 19.4 Å². The number of carbonyl (C=O) groups excluding carboxylic acids is 1. The van der Waals surface area contributed by atoms with Gasteiger partial charge in [-0.3, -0.25) is 4.79 Å². The van der Waals surface area contributed by atoms with E-state index < -0.39 is 0 Å². The number of ketones is 1. The summed E-state index contributed by atoms with van der Waals surface area (Å²) in [7, 11) is 3.27. The van der Waals surface area contributed by atoms with Gasteiger partial charge in [-0.15, -0.1) is 0 Å². The number of rotatable bonds is 3. The van der Waals surface area contributed by atoms with Crippen LogP contribution in [0.15, 0.2) is 11.6 Å². The van der Waals surface area contributed by atoms with Gasteiger partial charge in [-0.2, -0.15) is 0 Å². The third-order valence-electron chi connectivity index (χ3n) is 3.09. The standard InChI is InChI=1S/C12H20O3/c1-8-6-9(13)7-12(2,3)10(8)11(14-4)15-5/h6,10-11H,7H2,1-5H3/t10-/m1/s1. The lowest BCUT2D eigenvalue weighted by atomic mass is 9.68. The molecule has 0 fully saturated rings. The molecule has 0 aromatic rings. The summed E-state index contributed by atoms with van der Waals surface area (Å²) in [5, 5.41) is 0. The van der Waals surface area contributed by atoms with E-state index in [0.717, 1.165) is 5.57 Å². The third-order valence-corrected chi connectivity index (χ3v) is 3.09. The minimum Gasteiger partial charge on any atom is -0.355 e. The van der Waals surface area contributed by atoms with Crippen molar-refractivity contribution in [3.05, 3.63) is 11.6 Å². The maximum absolute atomic E-state index is 11.5. The Hall–Kier alpha value is -0.670. The zero-order chi connectivity index (χ0) is 11.6. The van der Waals surface area contributed by atoms with E-state index in [1.807, 2.05) is 6.92 Å². The van der Waals surface area contributed by atoms with Crippen molar-refractivity contribution in [3.8, 4) is 0 Å². The molecule has 0 heterocycles. The maximum atomic E-state index is 11.5. The summed E-state index contributed by atoms with van der Waals surface area (Å²) in [5.74, 6) is 0.338. The van der Waals surface area contributed by atoms with E-state index in [9.17, 15) is 4.79 Å². The lowest BCUT2D eigenvalue weighted by Crippen LogP contribution is -2.41. The van der Waals surface area contributed by atoms with Crippen molar-refractivity contribution in [2.45, 2.75) is 33.5 Å². The number of ether oxygens (including phenoxy) is 2. The first-order valence-corrected chi connectivity index (χ1v) is 5.19. The van der Waals surface area contributed by atoms with Crippen LogP contribution in [-0.2, 0) is 14.3 Å². The van der Waals surface area contributed by atoms with Gasteiger partial charge in [0.15, 0.2) is 12.1 Å². The molecule has 0 aromatic carbocycles. The minimum absolute atomic E-state index is 0.105. The van der Waals surface area contributed by atoms with Gasteiger partial charge in [0.05, 0.1) is 0 Å². The van der Waals surface area contributed by atoms with Crippen molar-refractivity contribution in [2.24, 2.45) is 11.3 Å². The van der Waals surface area contributed by atoms with Crippen molar-refractivity contribution >= 4 is 5.78 Å². The maximum Gasteiger partial charge on any atom is 0.163 e. The van der Waals surface area contributed by atoms with Crippen LogP contribution in [0, 0.1) is 11.3 Å². The topological polar surface area (TPSA) is 35.5 Å². The SMILES string of the molecule is COC(OC)[C@H]1C(C)=CC(=O)CC1(C)C. The van der Waals surface area contributed by atoms with E-state index in [0.29, 0.717) is 6.42 Å². The van der Waals surface area contributed by atoms with Crippen LogP contribution in [0.1, 0.15) is 27.2 Å². The van der Waals surface area contributed by atoms with Gasteiger partial charge in [0.2, 0.25) is 0 Å². The molecule has 0 saturated carbocycles. The molecule has 1 aliphatic rings. The average Bonchev–Trinajstić information content (AvgIpc) is 2.09. The van der Waals surface area contributed by atoms with E-state index in [1.165, 1.54) is 0 Å². The van der Waals surface area contributed by atoms with Gasteiger partial charge >= 0.3 is 0 Å². The summed E-state index contributed by atoms with van der Waals surface area (Å²) in [6.07, 6.45) is 1.99. The van der Waals surface area contributed by atoms with Gasteiger partial charge in [0, 0.05) is 26.6 Å². The van der Waals surface area contributed by atoms with E-state index in [4.69, 9.17) is 9.47 Å². The summed E-state index contributed by atoms with van der Waals surface area (Å²) in [6.45, 7) is 6.13. The molecule has 0 unspecified atom stereocenters. The first-order chi connectivity index (χ1) is 6.92. The van der Waals surface area contributed by atoms with Crippen LogP contribution in [0.2, 0.25) is 0 Å². The van der Waals surface area contributed by atoms with Crippen LogP contribution in [0.25, 0.3) is 0 Å². The van der Waals surface area contributed by atoms with Gasteiger partial charge in [0.25, 0.3) is 0 Å². The monoisotopic (exact) mass is 212 g/mol. The highest BCUT2D eigenvalue weighted by Crippen LogP contribution is 2.42. The molecule has 0 spiro atoms. The Morgan fingerprint density at radius 1 is 1.40 bits per heavy atom.